The molecule has 0 bridgehead atoms. The van der Waals surface area contributed by atoms with Gasteiger partial charge in [0.1, 0.15) is 0 Å². The first kappa shape index (κ1) is 17.4. The number of halogens is 3. The molecule has 1 aliphatic heterocycles. The van der Waals surface area contributed by atoms with Crippen LogP contribution < -0.4 is 51.4 Å². The van der Waals surface area contributed by atoms with Crippen molar-refractivity contribution < 1.29 is 74.2 Å². The van der Waals surface area contributed by atoms with Crippen LogP contribution in [0.5, 0.6) is 0 Å². The molecule has 1 rings (SSSR count). The molecule has 1 saturated heterocycles. The first-order valence-corrected chi connectivity index (χ1v) is 5.00. The number of hydrogen-bond donors (Lipinski definition) is 1. The molecule has 1 N–H and O–H groups in total. The largest absolute Gasteiger partial charge is 1.00 e. The van der Waals surface area contributed by atoms with Crippen LogP contribution in [0.15, 0.2) is 0 Å². The van der Waals surface area contributed by atoms with E-state index in [0.717, 1.165) is 4.90 Å². The van der Waals surface area contributed by atoms with Gasteiger partial charge in [0.15, 0.2) is 0 Å². The van der Waals surface area contributed by atoms with Crippen LogP contribution in [0.3, 0.4) is 0 Å². The van der Waals surface area contributed by atoms with Crippen molar-refractivity contribution in [2.45, 2.75) is 18.4 Å². The summed E-state index contributed by atoms with van der Waals surface area (Å²) in [5.41, 5.74) is -1.02. The monoisotopic (exact) mass is 265 g/mol. The summed E-state index contributed by atoms with van der Waals surface area (Å²) in [5.74, 6) is 0. The number of ether oxygens (including phenoxy) is 1. The summed E-state index contributed by atoms with van der Waals surface area (Å²) < 4.78 is 41.3. The normalized spacial score (nSPS) is 20.6. The molecular weight excluding hydrogens is 249 g/mol. The SMILES string of the molecule is CN(C[B-](F)(F)F)CC1(O)CCOCC1.[K+]. The maximum Gasteiger partial charge on any atom is 1.00 e. The van der Waals surface area contributed by atoms with Crippen molar-refractivity contribution in [1.82, 2.24) is 4.90 Å². The average molecular weight is 265 g/mol. The first-order valence-electron chi connectivity index (χ1n) is 5.00. The molecule has 8 heteroatoms. The summed E-state index contributed by atoms with van der Waals surface area (Å²) in [5, 5.41) is 9.96. The van der Waals surface area contributed by atoms with Crippen LogP contribution in [0.4, 0.5) is 12.9 Å². The second-order valence-corrected chi connectivity index (χ2v) is 4.24. The third-order valence-electron chi connectivity index (χ3n) is 2.51. The van der Waals surface area contributed by atoms with Crippen LogP contribution in [-0.4, -0.2) is 55.8 Å². The molecule has 0 aromatic rings. The minimum Gasteiger partial charge on any atom is -0.448 e. The zero-order chi connectivity index (χ0) is 11.5. The van der Waals surface area contributed by atoms with E-state index in [1.54, 1.807) is 0 Å². The summed E-state index contributed by atoms with van der Waals surface area (Å²) in [6, 6.07) is 0. The Morgan fingerprint density at radius 1 is 1.31 bits per heavy atom. The Morgan fingerprint density at radius 2 is 1.81 bits per heavy atom. The molecule has 0 unspecified atom stereocenters. The minimum atomic E-state index is -4.82. The third-order valence-corrected chi connectivity index (χ3v) is 2.51. The Bertz CT molecular complexity index is 212. The van der Waals surface area contributed by atoms with E-state index in [1.165, 1.54) is 7.05 Å². The van der Waals surface area contributed by atoms with Gasteiger partial charge in [0.05, 0.1) is 5.60 Å². The van der Waals surface area contributed by atoms with Gasteiger partial charge in [0.2, 0.25) is 0 Å². The fourth-order valence-corrected chi connectivity index (χ4v) is 1.83. The molecule has 3 nitrogen and oxygen atoms in total. The molecule has 0 aromatic heterocycles. The van der Waals surface area contributed by atoms with E-state index in [0.29, 0.717) is 26.1 Å². The van der Waals surface area contributed by atoms with Crippen molar-refractivity contribution in [3.63, 3.8) is 0 Å². The molecule has 1 heterocycles. The van der Waals surface area contributed by atoms with E-state index in [4.69, 9.17) is 4.74 Å². The maximum atomic E-state index is 12.1. The molecule has 0 amide bonds. The van der Waals surface area contributed by atoms with Gasteiger partial charge >= 0.3 is 58.4 Å². The van der Waals surface area contributed by atoms with E-state index in [2.05, 4.69) is 0 Å². The Morgan fingerprint density at radius 3 is 2.25 bits per heavy atom. The van der Waals surface area contributed by atoms with Crippen molar-refractivity contribution in [1.29, 1.82) is 0 Å². The molecule has 1 fully saturated rings. The van der Waals surface area contributed by atoms with E-state index in [9.17, 15) is 18.1 Å². The summed E-state index contributed by atoms with van der Waals surface area (Å²) in [6.07, 6.45) is -0.117. The number of aliphatic hydroxyl groups is 1. The zero-order valence-electron chi connectivity index (χ0n) is 9.76. The summed E-state index contributed by atoms with van der Waals surface area (Å²) >= 11 is 0. The van der Waals surface area contributed by atoms with Crippen molar-refractivity contribution in [2.75, 3.05) is 33.3 Å². The molecular formula is C8H16BF3KNO2. The van der Waals surface area contributed by atoms with E-state index >= 15 is 0 Å². The third kappa shape index (κ3) is 6.95. The predicted molar refractivity (Wildman–Crippen MR) is 51.6 cm³/mol. The van der Waals surface area contributed by atoms with Crippen molar-refractivity contribution >= 4 is 6.98 Å². The van der Waals surface area contributed by atoms with Crippen LogP contribution in [0.1, 0.15) is 12.8 Å². The van der Waals surface area contributed by atoms with Gasteiger partial charge in [-0.25, -0.2) is 0 Å². The minimum absolute atomic E-state index is 0. The van der Waals surface area contributed by atoms with E-state index < -0.39 is 19.0 Å². The fraction of sp³-hybridized carbons (Fsp3) is 1.00. The second-order valence-electron chi connectivity index (χ2n) is 4.24. The second kappa shape index (κ2) is 7.08. The Kier molecular flexibility index (Phi) is 7.69. The molecule has 90 valence electrons. The van der Waals surface area contributed by atoms with Crippen molar-refractivity contribution in [2.24, 2.45) is 0 Å². The van der Waals surface area contributed by atoms with Gasteiger partial charge in [0, 0.05) is 32.6 Å². The topological polar surface area (TPSA) is 32.7 Å². The smallest absolute Gasteiger partial charge is 0.448 e. The number of rotatable bonds is 4. The summed E-state index contributed by atoms with van der Waals surface area (Å²) in [6.45, 7) is -3.93. The summed E-state index contributed by atoms with van der Waals surface area (Å²) in [7, 11) is 1.38. The number of hydrogen-bond acceptors (Lipinski definition) is 3. The van der Waals surface area contributed by atoms with Crippen LogP contribution in [0, 0.1) is 0 Å². The standard InChI is InChI=1S/C8H16BF3NO2.K/c1-13(7-9(10,11)12)6-8(14)2-4-15-5-3-8;/h14H,2-7H2,1H3;/q-1;+1. The zero-order valence-corrected chi connectivity index (χ0v) is 12.9. The van der Waals surface area contributed by atoms with Gasteiger partial charge in [-0.05, 0) is 13.5 Å². The summed E-state index contributed by atoms with van der Waals surface area (Å²) in [4.78, 5) is 1.13. The predicted octanol–water partition coefficient (Wildman–Crippen LogP) is -2.15. The van der Waals surface area contributed by atoms with Crippen LogP contribution in [0.25, 0.3) is 0 Å². The Hall–Kier alpha value is 1.37. The molecule has 0 saturated carbocycles. The number of likely N-dealkylation sites (N-methyl/N-ethyl adjacent to an activating group) is 1. The van der Waals surface area contributed by atoms with Crippen molar-refractivity contribution in [3.05, 3.63) is 0 Å². The molecule has 16 heavy (non-hydrogen) atoms. The molecule has 0 radical (unpaired) electrons. The van der Waals surface area contributed by atoms with Gasteiger partial charge < -0.3 is 27.7 Å². The van der Waals surface area contributed by atoms with E-state index in [1.807, 2.05) is 0 Å². The van der Waals surface area contributed by atoms with Gasteiger partial charge in [0.25, 0.3) is 0 Å². The first-order chi connectivity index (χ1) is 6.81. The maximum absolute atomic E-state index is 12.1. The van der Waals surface area contributed by atoms with Gasteiger partial charge in [-0.2, -0.15) is 0 Å². The van der Waals surface area contributed by atoms with Crippen LogP contribution in [-0.2, 0) is 4.74 Å². The molecule has 0 spiro atoms. The van der Waals surface area contributed by atoms with Crippen LogP contribution >= 0.6 is 0 Å². The fourth-order valence-electron chi connectivity index (χ4n) is 1.83. The Balaban J connectivity index is 0.00000225. The molecule has 0 aliphatic carbocycles. The quantitative estimate of drug-likeness (QED) is 0.588. The van der Waals surface area contributed by atoms with Gasteiger partial charge in [-0.15, -0.1) is 0 Å². The van der Waals surface area contributed by atoms with Gasteiger partial charge in [-0.1, -0.05) is 0 Å². The Labute approximate surface area is 136 Å². The van der Waals surface area contributed by atoms with Crippen LogP contribution in [0.2, 0.25) is 0 Å². The molecule has 0 atom stereocenters. The van der Waals surface area contributed by atoms with Crippen molar-refractivity contribution in [3.8, 4) is 0 Å². The molecule has 0 aromatic carbocycles. The molecule has 1 aliphatic rings. The van der Waals surface area contributed by atoms with Gasteiger partial charge in [-0.3, -0.25) is 0 Å². The average Bonchev–Trinajstić information content (AvgIpc) is 1.99. The van der Waals surface area contributed by atoms with E-state index in [-0.39, 0.29) is 57.9 Å². The number of nitrogens with zero attached hydrogens (tertiary/aromatic N) is 1.